The van der Waals surface area contributed by atoms with Gasteiger partial charge in [0.05, 0.1) is 5.56 Å². The average molecular weight is 242 g/mol. The predicted octanol–water partition coefficient (Wildman–Crippen LogP) is 1.20. The van der Waals surface area contributed by atoms with Crippen LogP contribution < -0.4 is 0 Å². The van der Waals surface area contributed by atoms with Gasteiger partial charge in [-0.3, -0.25) is 0 Å². The van der Waals surface area contributed by atoms with Crippen molar-refractivity contribution < 1.29 is 36.7 Å². The van der Waals surface area contributed by atoms with Crippen molar-refractivity contribution in [1.82, 2.24) is 0 Å². The zero-order chi connectivity index (χ0) is 12.5. The van der Waals surface area contributed by atoms with E-state index in [9.17, 15) is 22.0 Å². The summed E-state index contributed by atoms with van der Waals surface area (Å²) in [5.41, 5.74) is -1.32. The molecule has 0 aliphatic heterocycles. The topological polar surface area (TPSA) is 49.7 Å². The molecule has 1 atom stereocenters. The van der Waals surface area contributed by atoms with Crippen molar-refractivity contribution in [2.75, 3.05) is 0 Å². The molecule has 0 fully saturated rings. The number of rotatable bonds is 3. The molecular weight excluding hydrogens is 238 g/mol. The normalized spacial score (nSPS) is 12.7. The van der Waals surface area contributed by atoms with Crippen LogP contribution in [0.2, 0.25) is 0 Å². The largest absolute Gasteiger partial charge is 0.636 e. The maximum absolute atomic E-state index is 12.9. The first kappa shape index (κ1) is 12.9. The Labute approximate surface area is 86.3 Å². The molecule has 0 aliphatic carbocycles. The lowest BCUT2D eigenvalue weighted by Gasteiger charge is -2.11. The van der Waals surface area contributed by atoms with Gasteiger partial charge < -0.3 is 14.7 Å². The van der Waals surface area contributed by atoms with Crippen LogP contribution in [0.1, 0.15) is 11.9 Å². The Hall–Kier alpha value is -1.19. The third-order valence-corrected chi connectivity index (χ3v) is 1.62. The molecule has 0 spiro atoms. The van der Waals surface area contributed by atoms with Crippen LogP contribution in [0.5, 0.6) is 0 Å². The van der Waals surface area contributed by atoms with E-state index < -0.39 is 42.5 Å². The molecule has 3 nitrogen and oxygen atoms in total. The van der Waals surface area contributed by atoms with E-state index in [0.29, 0.717) is 0 Å². The maximum Gasteiger partial charge on any atom is 0.636 e. The van der Waals surface area contributed by atoms with Crippen LogP contribution in [0.4, 0.5) is 22.0 Å². The van der Waals surface area contributed by atoms with Gasteiger partial charge >= 0.3 is 7.32 Å². The highest BCUT2D eigenvalue weighted by Gasteiger charge is 2.27. The van der Waals surface area contributed by atoms with Crippen LogP contribution in [-0.2, 0) is 4.65 Å². The van der Waals surface area contributed by atoms with Gasteiger partial charge in [0.15, 0.2) is 23.3 Å². The molecule has 1 unspecified atom stereocenters. The summed E-state index contributed by atoms with van der Waals surface area (Å²) < 4.78 is 67.0. The molecule has 0 saturated carbocycles. The van der Waals surface area contributed by atoms with E-state index in [1.807, 2.05) is 0 Å². The second-order valence-corrected chi connectivity index (χ2v) is 2.67. The second-order valence-electron chi connectivity index (χ2n) is 2.67. The first-order chi connectivity index (χ1) is 7.34. The van der Waals surface area contributed by atoms with E-state index in [2.05, 4.69) is 4.65 Å². The molecule has 9 heteroatoms. The molecule has 16 heavy (non-hydrogen) atoms. The average Bonchev–Trinajstić information content (AvgIpc) is 2.19. The van der Waals surface area contributed by atoms with Gasteiger partial charge in [0.1, 0.15) is 0 Å². The van der Waals surface area contributed by atoms with Crippen molar-refractivity contribution in [1.29, 1.82) is 0 Å². The van der Waals surface area contributed by atoms with Gasteiger partial charge in [-0.05, 0) is 6.07 Å². The standard InChI is InChI=1S/C7H4BF5O3/c9-3-1-2(7(13)16-8(14)15)4(10)6(12)5(3)11/h1,7,14-15H. The van der Waals surface area contributed by atoms with Crippen molar-refractivity contribution in [2.24, 2.45) is 0 Å². The Kier molecular flexibility index (Phi) is 3.84. The highest BCUT2D eigenvalue weighted by atomic mass is 19.2. The summed E-state index contributed by atoms with van der Waals surface area (Å²) in [5.74, 6) is -8.15. The summed E-state index contributed by atoms with van der Waals surface area (Å²) in [6.45, 7) is 0. The number of halogens is 5. The van der Waals surface area contributed by atoms with Crippen LogP contribution in [0.15, 0.2) is 6.07 Å². The van der Waals surface area contributed by atoms with Gasteiger partial charge in [0, 0.05) is 0 Å². The molecule has 88 valence electrons. The van der Waals surface area contributed by atoms with E-state index in [1.54, 1.807) is 0 Å². The maximum atomic E-state index is 12.9. The van der Waals surface area contributed by atoms with E-state index in [4.69, 9.17) is 10.0 Å². The Morgan fingerprint density at radius 3 is 2.12 bits per heavy atom. The van der Waals surface area contributed by atoms with Gasteiger partial charge in [-0.25, -0.2) is 22.0 Å². The third-order valence-electron chi connectivity index (χ3n) is 1.62. The molecule has 0 bridgehead atoms. The number of benzene rings is 1. The van der Waals surface area contributed by atoms with Gasteiger partial charge in [-0.1, -0.05) is 0 Å². The van der Waals surface area contributed by atoms with Gasteiger partial charge in [-0.15, -0.1) is 0 Å². The van der Waals surface area contributed by atoms with Crippen molar-refractivity contribution >= 4 is 7.32 Å². The molecule has 1 aromatic carbocycles. The molecule has 0 aliphatic rings. The Morgan fingerprint density at radius 1 is 1.06 bits per heavy atom. The molecule has 1 rings (SSSR count). The Bertz CT molecular complexity index is 400. The molecular formula is C7H4BF5O3. The van der Waals surface area contributed by atoms with E-state index in [0.717, 1.165) is 0 Å². The lowest BCUT2D eigenvalue weighted by molar-refractivity contribution is 0.0169. The number of alkyl halides is 1. The molecule has 0 amide bonds. The lowest BCUT2D eigenvalue weighted by atomic mass is 10.1. The van der Waals surface area contributed by atoms with Gasteiger partial charge in [0.25, 0.3) is 0 Å². The Morgan fingerprint density at radius 2 is 1.62 bits per heavy atom. The fourth-order valence-corrected chi connectivity index (χ4v) is 0.936. The SMILES string of the molecule is OB(O)OC(F)c1cc(F)c(F)c(F)c1F. The minimum atomic E-state index is -2.84. The van der Waals surface area contributed by atoms with Crippen LogP contribution in [0.3, 0.4) is 0 Å². The molecule has 0 heterocycles. The molecule has 0 aromatic heterocycles. The van der Waals surface area contributed by atoms with Crippen LogP contribution in [-0.4, -0.2) is 17.4 Å². The quantitative estimate of drug-likeness (QED) is 0.362. The van der Waals surface area contributed by atoms with E-state index >= 15 is 0 Å². The fourth-order valence-electron chi connectivity index (χ4n) is 0.936. The highest BCUT2D eigenvalue weighted by molar-refractivity contribution is 6.32. The first-order valence-electron chi connectivity index (χ1n) is 3.83. The summed E-state index contributed by atoms with van der Waals surface area (Å²) in [7, 11) is -2.61. The molecule has 2 N–H and O–H groups in total. The molecule has 0 saturated heterocycles. The molecule has 0 radical (unpaired) electrons. The number of hydrogen-bond donors (Lipinski definition) is 2. The summed E-state index contributed by atoms with van der Waals surface area (Å²) in [4.78, 5) is 0. The van der Waals surface area contributed by atoms with Gasteiger partial charge in [0.2, 0.25) is 6.36 Å². The lowest BCUT2D eigenvalue weighted by Crippen LogP contribution is -2.19. The minimum absolute atomic E-state index is 0.0147. The summed E-state index contributed by atoms with van der Waals surface area (Å²) in [6.07, 6.45) is -2.84. The van der Waals surface area contributed by atoms with E-state index in [1.165, 1.54) is 0 Å². The summed E-state index contributed by atoms with van der Waals surface area (Å²) >= 11 is 0. The zero-order valence-corrected chi connectivity index (χ0v) is 7.42. The number of hydrogen-bond acceptors (Lipinski definition) is 3. The van der Waals surface area contributed by atoms with Gasteiger partial charge in [-0.2, -0.15) is 0 Å². The van der Waals surface area contributed by atoms with Crippen molar-refractivity contribution in [2.45, 2.75) is 6.36 Å². The zero-order valence-electron chi connectivity index (χ0n) is 7.42. The Balaban J connectivity index is 3.14. The predicted molar refractivity (Wildman–Crippen MR) is 41.4 cm³/mol. The second kappa shape index (κ2) is 4.77. The first-order valence-corrected chi connectivity index (χ1v) is 3.83. The monoisotopic (exact) mass is 242 g/mol. The van der Waals surface area contributed by atoms with Crippen molar-refractivity contribution in [3.8, 4) is 0 Å². The fraction of sp³-hybridized carbons (Fsp3) is 0.143. The summed E-state index contributed by atoms with van der Waals surface area (Å²) in [5, 5.41) is 16.4. The van der Waals surface area contributed by atoms with Crippen molar-refractivity contribution in [3.63, 3.8) is 0 Å². The smallest absolute Gasteiger partial charge is 0.402 e. The third kappa shape index (κ3) is 2.49. The summed E-state index contributed by atoms with van der Waals surface area (Å²) in [6, 6.07) is 0.0147. The van der Waals surface area contributed by atoms with E-state index in [-0.39, 0.29) is 6.07 Å². The highest BCUT2D eigenvalue weighted by Crippen LogP contribution is 2.26. The van der Waals surface area contributed by atoms with Crippen molar-refractivity contribution in [3.05, 3.63) is 34.9 Å². The van der Waals surface area contributed by atoms with Crippen LogP contribution in [0.25, 0.3) is 0 Å². The minimum Gasteiger partial charge on any atom is -0.402 e. The molecule has 1 aromatic rings. The van der Waals surface area contributed by atoms with Crippen LogP contribution in [0, 0.1) is 23.3 Å². The van der Waals surface area contributed by atoms with Crippen LogP contribution >= 0.6 is 0 Å².